The van der Waals surface area contributed by atoms with E-state index in [0.717, 1.165) is 5.56 Å². The highest BCUT2D eigenvalue weighted by molar-refractivity contribution is 5.93. The van der Waals surface area contributed by atoms with E-state index in [2.05, 4.69) is 0 Å². The lowest BCUT2D eigenvalue weighted by Gasteiger charge is -2.16. The maximum atomic E-state index is 10.9. The quantitative estimate of drug-likeness (QED) is 0.760. The zero-order chi connectivity index (χ0) is 13.7. The molecule has 0 aliphatic rings. The second-order valence-corrected chi connectivity index (χ2v) is 4.66. The van der Waals surface area contributed by atoms with Crippen LogP contribution in [0.1, 0.15) is 24.5 Å². The number of carbonyl (C=O) groups is 2. The molecule has 0 saturated carbocycles. The minimum Gasteiger partial charge on any atom is -0.481 e. The van der Waals surface area contributed by atoms with Gasteiger partial charge in [0.05, 0.1) is 0 Å². The Labute approximate surface area is 106 Å². The van der Waals surface area contributed by atoms with Gasteiger partial charge < -0.3 is 10.2 Å². The van der Waals surface area contributed by atoms with Gasteiger partial charge in [-0.1, -0.05) is 36.8 Å². The van der Waals surface area contributed by atoms with Crippen molar-refractivity contribution in [1.82, 2.24) is 0 Å². The van der Waals surface area contributed by atoms with Crippen molar-refractivity contribution in [2.45, 2.75) is 26.7 Å². The normalized spacial score (nSPS) is 12.4. The molecule has 0 heterocycles. The van der Waals surface area contributed by atoms with Gasteiger partial charge in [0.15, 0.2) is 5.92 Å². The van der Waals surface area contributed by atoms with Crippen LogP contribution in [0.4, 0.5) is 0 Å². The molecule has 0 bridgehead atoms. The molecule has 1 aromatic carbocycles. The van der Waals surface area contributed by atoms with Gasteiger partial charge in [-0.05, 0) is 31.2 Å². The predicted octanol–water partition coefficient (Wildman–Crippen LogP) is 2.35. The minimum absolute atomic E-state index is 0.388. The summed E-state index contributed by atoms with van der Waals surface area (Å²) in [5.41, 5.74) is 2.27. The number of carboxylic acid groups (broad SMARTS) is 2. The Bertz CT molecular complexity index is 408. The van der Waals surface area contributed by atoms with Gasteiger partial charge >= 0.3 is 11.9 Å². The molecule has 0 aliphatic heterocycles. The third-order valence-corrected chi connectivity index (χ3v) is 3.11. The maximum Gasteiger partial charge on any atom is 0.318 e. The third kappa shape index (κ3) is 3.87. The fourth-order valence-electron chi connectivity index (χ4n) is 1.91. The highest BCUT2D eigenvalue weighted by Crippen LogP contribution is 2.19. The molecular formula is C14H18O4. The van der Waals surface area contributed by atoms with Crippen molar-refractivity contribution in [3.63, 3.8) is 0 Å². The summed E-state index contributed by atoms with van der Waals surface area (Å²) in [5.74, 6) is -4.24. The Morgan fingerprint density at radius 1 is 1.11 bits per heavy atom. The van der Waals surface area contributed by atoms with Gasteiger partial charge in [0, 0.05) is 0 Å². The summed E-state index contributed by atoms with van der Waals surface area (Å²) in [6, 6.07) is 7.95. The van der Waals surface area contributed by atoms with Gasteiger partial charge in [0.1, 0.15) is 0 Å². The van der Waals surface area contributed by atoms with Crippen LogP contribution in [0.15, 0.2) is 24.3 Å². The zero-order valence-corrected chi connectivity index (χ0v) is 10.6. The standard InChI is InChI=1S/C14H18O4/c1-9-3-6-11(7-4-9)8-5-10(2)12(13(15)16)14(17)18/h3-4,6-7,10,12H,5,8H2,1-2H3,(H,15,16)(H,17,18). The summed E-state index contributed by atoms with van der Waals surface area (Å²) >= 11 is 0. The van der Waals surface area contributed by atoms with E-state index in [9.17, 15) is 9.59 Å². The first-order valence-electron chi connectivity index (χ1n) is 5.93. The van der Waals surface area contributed by atoms with E-state index in [4.69, 9.17) is 10.2 Å². The van der Waals surface area contributed by atoms with E-state index < -0.39 is 17.9 Å². The summed E-state index contributed by atoms with van der Waals surface area (Å²) in [6.07, 6.45) is 1.24. The monoisotopic (exact) mass is 250 g/mol. The van der Waals surface area contributed by atoms with Crippen LogP contribution in [-0.4, -0.2) is 22.2 Å². The molecule has 2 N–H and O–H groups in total. The van der Waals surface area contributed by atoms with Gasteiger partial charge in [0.2, 0.25) is 0 Å². The lowest BCUT2D eigenvalue weighted by atomic mass is 9.88. The van der Waals surface area contributed by atoms with Gasteiger partial charge in [-0.25, -0.2) is 0 Å². The van der Waals surface area contributed by atoms with Crippen LogP contribution < -0.4 is 0 Å². The van der Waals surface area contributed by atoms with E-state index >= 15 is 0 Å². The molecule has 1 aromatic rings. The fourth-order valence-corrected chi connectivity index (χ4v) is 1.91. The Morgan fingerprint density at radius 2 is 1.61 bits per heavy atom. The number of hydrogen-bond acceptors (Lipinski definition) is 2. The third-order valence-electron chi connectivity index (χ3n) is 3.11. The maximum absolute atomic E-state index is 10.9. The van der Waals surface area contributed by atoms with Crippen molar-refractivity contribution >= 4 is 11.9 Å². The molecule has 1 unspecified atom stereocenters. The smallest absolute Gasteiger partial charge is 0.318 e. The molecule has 0 fully saturated rings. The van der Waals surface area contributed by atoms with E-state index in [1.54, 1.807) is 6.92 Å². The number of hydrogen-bond donors (Lipinski definition) is 2. The SMILES string of the molecule is Cc1ccc(CCC(C)C(C(=O)O)C(=O)O)cc1. The molecule has 0 aromatic heterocycles. The Balaban J connectivity index is 2.59. The van der Waals surface area contributed by atoms with Crippen molar-refractivity contribution in [3.05, 3.63) is 35.4 Å². The summed E-state index contributed by atoms with van der Waals surface area (Å²) in [7, 11) is 0. The lowest BCUT2D eigenvalue weighted by molar-refractivity contribution is -0.157. The van der Waals surface area contributed by atoms with Gasteiger partial charge in [-0.2, -0.15) is 0 Å². The highest BCUT2D eigenvalue weighted by Gasteiger charge is 2.31. The molecule has 0 aliphatic carbocycles. The summed E-state index contributed by atoms with van der Waals surface area (Å²) in [5, 5.41) is 17.7. The molecule has 4 heteroatoms. The lowest BCUT2D eigenvalue weighted by Crippen LogP contribution is -2.30. The summed E-state index contributed by atoms with van der Waals surface area (Å²) in [6.45, 7) is 3.67. The molecular weight excluding hydrogens is 232 g/mol. The molecule has 98 valence electrons. The van der Waals surface area contributed by atoms with E-state index in [1.165, 1.54) is 5.56 Å². The number of carboxylic acids is 2. The fraction of sp³-hybridized carbons (Fsp3) is 0.429. The van der Waals surface area contributed by atoms with Crippen molar-refractivity contribution in [1.29, 1.82) is 0 Å². The molecule has 0 amide bonds. The van der Waals surface area contributed by atoms with Crippen LogP contribution in [0.5, 0.6) is 0 Å². The van der Waals surface area contributed by atoms with Crippen molar-refractivity contribution in [3.8, 4) is 0 Å². The molecule has 1 rings (SSSR count). The van der Waals surface area contributed by atoms with E-state index in [1.807, 2.05) is 31.2 Å². The molecule has 18 heavy (non-hydrogen) atoms. The first-order valence-corrected chi connectivity index (χ1v) is 5.93. The predicted molar refractivity (Wildman–Crippen MR) is 67.4 cm³/mol. The van der Waals surface area contributed by atoms with Crippen molar-refractivity contribution in [2.24, 2.45) is 11.8 Å². The van der Waals surface area contributed by atoms with Crippen molar-refractivity contribution < 1.29 is 19.8 Å². The van der Waals surface area contributed by atoms with Gasteiger partial charge in [-0.3, -0.25) is 9.59 Å². The van der Waals surface area contributed by atoms with Gasteiger partial charge in [0.25, 0.3) is 0 Å². The van der Waals surface area contributed by atoms with Crippen LogP contribution in [-0.2, 0) is 16.0 Å². The average Bonchev–Trinajstić information content (AvgIpc) is 2.27. The first-order chi connectivity index (χ1) is 8.41. The van der Waals surface area contributed by atoms with Crippen molar-refractivity contribution in [2.75, 3.05) is 0 Å². The second-order valence-electron chi connectivity index (χ2n) is 4.66. The molecule has 1 atom stereocenters. The second kappa shape index (κ2) is 6.19. The van der Waals surface area contributed by atoms with Crippen LogP contribution in [0.25, 0.3) is 0 Å². The molecule has 0 radical (unpaired) electrons. The largest absolute Gasteiger partial charge is 0.481 e. The highest BCUT2D eigenvalue weighted by atomic mass is 16.4. The number of rotatable bonds is 6. The first kappa shape index (κ1) is 14.2. The molecule has 0 saturated heterocycles. The summed E-state index contributed by atoms with van der Waals surface area (Å²) in [4.78, 5) is 21.7. The van der Waals surface area contributed by atoms with Crippen LogP contribution in [0.3, 0.4) is 0 Å². The van der Waals surface area contributed by atoms with Crippen LogP contribution in [0.2, 0.25) is 0 Å². The molecule has 4 nitrogen and oxygen atoms in total. The molecule has 0 spiro atoms. The number of aliphatic carboxylic acids is 2. The van der Waals surface area contributed by atoms with E-state index in [-0.39, 0.29) is 5.92 Å². The minimum atomic E-state index is -1.32. The Morgan fingerprint density at radius 3 is 2.06 bits per heavy atom. The number of benzene rings is 1. The Hall–Kier alpha value is -1.84. The van der Waals surface area contributed by atoms with Crippen LogP contribution >= 0.6 is 0 Å². The Kier molecular flexibility index (Phi) is 4.89. The summed E-state index contributed by atoms with van der Waals surface area (Å²) < 4.78 is 0. The van der Waals surface area contributed by atoms with Gasteiger partial charge in [-0.15, -0.1) is 0 Å². The zero-order valence-electron chi connectivity index (χ0n) is 10.6. The average molecular weight is 250 g/mol. The van der Waals surface area contributed by atoms with E-state index in [0.29, 0.717) is 12.8 Å². The van der Waals surface area contributed by atoms with Crippen LogP contribution in [0, 0.1) is 18.8 Å². The number of aryl methyl sites for hydroxylation is 2. The topological polar surface area (TPSA) is 74.6 Å².